The first-order valence-electron chi connectivity index (χ1n) is 7.22. The maximum Gasteiger partial charge on any atom is 0.241 e. The van der Waals surface area contributed by atoms with Crippen LogP contribution in [0.5, 0.6) is 0 Å². The summed E-state index contributed by atoms with van der Waals surface area (Å²) in [7, 11) is -3.94. The third-order valence-corrected chi connectivity index (χ3v) is 5.45. The average Bonchev–Trinajstić information content (AvgIpc) is 2.49. The summed E-state index contributed by atoms with van der Waals surface area (Å²) in [6.45, 7) is 0. The third-order valence-electron chi connectivity index (χ3n) is 3.98. The van der Waals surface area contributed by atoms with Gasteiger partial charge >= 0.3 is 0 Å². The van der Waals surface area contributed by atoms with Gasteiger partial charge in [0.1, 0.15) is 0 Å². The molecule has 1 atom stereocenters. The first kappa shape index (κ1) is 15.9. The van der Waals surface area contributed by atoms with E-state index >= 15 is 0 Å². The minimum absolute atomic E-state index is 0.293. The Morgan fingerprint density at radius 2 is 1.87 bits per heavy atom. The highest BCUT2D eigenvalue weighted by atomic mass is 32.2. The summed E-state index contributed by atoms with van der Waals surface area (Å²) in [6, 6.07) is 7.51. The van der Waals surface area contributed by atoms with Crippen molar-refractivity contribution in [3.8, 4) is 0 Å². The van der Waals surface area contributed by atoms with Crippen molar-refractivity contribution in [3.63, 3.8) is 0 Å². The van der Waals surface area contributed by atoms with Crippen LogP contribution >= 0.6 is 0 Å². The average molecular weight is 338 g/mol. The van der Waals surface area contributed by atoms with E-state index in [1.807, 2.05) is 12.1 Å². The number of benzene rings is 2. The standard InChI is InChI=1S/C16H16F2N2O2S/c17-14-7-5-12(9-15(14)18)23(21,22)20-16-3-1-2-10-8-11(19)4-6-13(10)16/h4-9,16,20H,1-3,19H2. The summed E-state index contributed by atoms with van der Waals surface area (Å²) in [4.78, 5) is -0.293. The molecule has 3 rings (SSSR count). The molecule has 1 aliphatic carbocycles. The van der Waals surface area contributed by atoms with E-state index < -0.39 is 27.7 Å². The molecule has 23 heavy (non-hydrogen) atoms. The molecule has 0 aliphatic heterocycles. The summed E-state index contributed by atoms with van der Waals surface area (Å²) in [5.41, 5.74) is 8.27. The lowest BCUT2D eigenvalue weighted by Crippen LogP contribution is -2.31. The molecule has 3 N–H and O–H groups in total. The number of anilines is 1. The van der Waals surface area contributed by atoms with E-state index in [4.69, 9.17) is 5.73 Å². The Morgan fingerprint density at radius 1 is 1.09 bits per heavy atom. The zero-order valence-corrected chi connectivity index (χ0v) is 13.0. The Labute approximate surface area is 133 Å². The van der Waals surface area contributed by atoms with Crippen LogP contribution in [-0.4, -0.2) is 8.42 Å². The van der Waals surface area contributed by atoms with Gasteiger partial charge in [-0.1, -0.05) is 6.07 Å². The molecule has 0 amide bonds. The number of rotatable bonds is 3. The van der Waals surface area contributed by atoms with Gasteiger partial charge in [0.25, 0.3) is 0 Å². The summed E-state index contributed by atoms with van der Waals surface area (Å²) >= 11 is 0. The minimum Gasteiger partial charge on any atom is -0.399 e. The van der Waals surface area contributed by atoms with Crippen molar-refractivity contribution in [1.82, 2.24) is 4.72 Å². The number of sulfonamides is 1. The zero-order valence-electron chi connectivity index (χ0n) is 12.2. The van der Waals surface area contributed by atoms with Crippen molar-refractivity contribution in [3.05, 3.63) is 59.2 Å². The van der Waals surface area contributed by atoms with Gasteiger partial charge in [0.05, 0.1) is 4.90 Å². The Kier molecular flexibility index (Phi) is 4.08. The minimum atomic E-state index is -3.94. The van der Waals surface area contributed by atoms with E-state index in [9.17, 15) is 17.2 Å². The number of nitrogens with one attached hydrogen (secondary N) is 1. The van der Waals surface area contributed by atoms with Crippen LogP contribution in [0.1, 0.15) is 30.0 Å². The Bertz CT molecular complexity index is 853. The molecule has 0 fully saturated rings. The number of hydrogen-bond acceptors (Lipinski definition) is 3. The fourth-order valence-electron chi connectivity index (χ4n) is 2.86. The number of nitrogen functional groups attached to an aromatic ring is 1. The lowest BCUT2D eigenvalue weighted by Gasteiger charge is -2.26. The summed E-state index contributed by atoms with van der Waals surface area (Å²) in [5, 5.41) is 0. The van der Waals surface area contributed by atoms with E-state index in [0.717, 1.165) is 36.1 Å². The van der Waals surface area contributed by atoms with Gasteiger partial charge in [0.15, 0.2) is 11.6 Å². The molecule has 1 aliphatic rings. The number of hydrogen-bond donors (Lipinski definition) is 2. The topological polar surface area (TPSA) is 72.2 Å². The smallest absolute Gasteiger partial charge is 0.241 e. The van der Waals surface area contributed by atoms with Crippen molar-refractivity contribution in [2.45, 2.75) is 30.2 Å². The van der Waals surface area contributed by atoms with Crippen LogP contribution in [-0.2, 0) is 16.4 Å². The third kappa shape index (κ3) is 3.20. The molecule has 0 heterocycles. The number of aryl methyl sites for hydroxylation is 1. The van der Waals surface area contributed by atoms with Crippen molar-refractivity contribution >= 4 is 15.7 Å². The van der Waals surface area contributed by atoms with E-state index in [0.29, 0.717) is 18.2 Å². The molecule has 0 radical (unpaired) electrons. The second kappa shape index (κ2) is 5.90. The first-order chi connectivity index (χ1) is 10.9. The molecular formula is C16H16F2N2O2S. The molecule has 0 saturated carbocycles. The maximum atomic E-state index is 13.3. The molecule has 4 nitrogen and oxygen atoms in total. The molecule has 2 aromatic carbocycles. The van der Waals surface area contributed by atoms with Crippen molar-refractivity contribution < 1.29 is 17.2 Å². The van der Waals surface area contributed by atoms with E-state index in [1.54, 1.807) is 6.07 Å². The first-order valence-corrected chi connectivity index (χ1v) is 8.71. The summed E-state index contributed by atoms with van der Waals surface area (Å²) in [6.07, 6.45) is 2.30. The van der Waals surface area contributed by atoms with Gasteiger partial charge in [-0.2, -0.15) is 0 Å². The lowest BCUT2D eigenvalue weighted by molar-refractivity contribution is 0.497. The Morgan fingerprint density at radius 3 is 2.61 bits per heavy atom. The van der Waals surface area contributed by atoms with Crippen LogP contribution < -0.4 is 10.5 Å². The predicted molar refractivity (Wildman–Crippen MR) is 83.2 cm³/mol. The normalized spacial score (nSPS) is 17.7. The fourth-order valence-corrected chi connectivity index (χ4v) is 4.12. The maximum absolute atomic E-state index is 13.3. The van der Waals surface area contributed by atoms with Gasteiger partial charge in [-0.05, 0) is 60.7 Å². The highest BCUT2D eigenvalue weighted by Gasteiger charge is 2.26. The van der Waals surface area contributed by atoms with Gasteiger partial charge in [0, 0.05) is 11.7 Å². The predicted octanol–water partition coefficient (Wildman–Crippen LogP) is 2.90. The van der Waals surface area contributed by atoms with Crippen LogP contribution in [0.25, 0.3) is 0 Å². The second-order valence-electron chi connectivity index (χ2n) is 5.60. The van der Waals surface area contributed by atoms with Crippen molar-refractivity contribution in [2.75, 3.05) is 5.73 Å². The zero-order chi connectivity index (χ0) is 16.6. The van der Waals surface area contributed by atoms with Gasteiger partial charge in [-0.15, -0.1) is 0 Å². The van der Waals surface area contributed by atoms with E-state index in [-0.39, 0.29) is 4.90 Å². The van der Waals surface area contributed by atoms with Crippen LogP contribution in [0.2, 0.25) is 0 Å². The van der Waals surface area contributed by atoms with Crippen LogP contribution in [0.3, 0.4) is 0 Å². The van der Waals surface area contributed by atoms with Gasteiger partial charge in [-0.3, -0.25) is 0 Å². The molecule has 0 spiro atoms. The monoisotopic (exact) mass is 338 g/mol. The summed E-state index contributed by atoms with van der Waals surface area (Å²) < 4.78 is 53.7. The molecule has 122 valence electrons. The van der Waals surface area contributed by atoms with Crippen molar-refractivity contribution in [2.24, 2.45) is 0 Å². The van der Waals surface area contributed by atoms with Gasteiger partial charge in [0.2, 0.25) is 10.0 Å². The van der Waals surface area contributed by atoms with Crippen LogP contribution in [0, 0.1) is 11.6 Å². The quantitative estimate of drug-likeness (QED) is 0.845. The van der Waals surface area contributed by atoms with Gasteiger partial charge in [-0.25, -0.2) is 21.9 Å². The van der Waals surface area contributed by atoms with Crippen molar-refractivity contribution in [1.29, 1.82) is 0 Å². The molecule has 7 heteroatoms. The number of fused-ring (bicyclic) bond motifs is 1. The number of nitrogens with two attached hydrogens (primary N) is 1. The molecule has 1 unspecified atom stereocenters. The molecule has 0 saturated heterocycles. The largest absolute Gasteiger partial charge is 0.399 e. The Hall–Kier alpha value is -1.99. The lowest BCUT2D eigenvalue weighted by atomic mass is 9.88. The highest BCUT2D eigenvalue weighted by molar-refractivity contribution is 7.89. The summed E-state index contributed by atoms with van der Waals surface area (Å²) in [5.74, 6) is -2.27. The molecule has 2 aromatic rings. The van der Waals surface area contributed by atoms with E-state index in [1.165, 1.54) is 0 Å². The highest BCUT2D eigenvalue weighted by Crippen LogP contribution is 2.32. The van der Waals surface area contributed by atoms with Crippen LogP contribution in [0.4, 0.5) is 14.5 Å². The van der Waals surface area contributed by atoms with Gasteiger partial charge < -0.3 is 5.73 Å². The number of halogens is 2. The van der Waals surface area contributed by atoms with E-state index in [2.05, 4.69) is 4.72 Å². The molecule has 0 aromatic heterocycles. The molecular weight excluding hydrogens is 322 g/mol. The van der Waals surface area contributed by atoms with Crippen LogP contribution in [0.15, 0.2) is 41.3 Å². The fraction of sp³-hybridized carbons (Fsp3) is 0.250. The SMILES string of the molecule is Nc1ccc2c(c1)CCCC2NS(=O)(=O)c1ccc(F)c(F)c1. The second-order valence-corrected chi connectivity index (χ2v) is 7.31. The molecule has 0 bridgehead atoms. The Balaban J connectivity index is 1.91.